The molecule has 172 valence electrons. The molecule has 0 bridgehead atoms. The fraction of sp³-hybridized carbons (Fsp3) is 0.250. The summed E-state index contributed by atoms with van der Waals surface area (Å²) in [5.41, 5.74) is 2.79. The van der Waals surface area contributed by atoms with Gasteiger partial charge in [-0.1, -0.05) is 54.6 Å². The van der Waals surface area contributed by atoms with Crippen LogP contribution in [0.4, 0.5) is 4.39 Å². The van der Waals surface area contributed by atoms with Crippen LogP contribution in [0.5, 0.6) is 0 Å². The van der Waals surface area contributed by atoms with Gasteiger partial charge in [0.05, 0.1) is 12.1 Å². The van der Waals surface area contributed by atoms with Gasteiger partial charge in [-0.05, 0) is 42.2 Å². The maximum atomic E-state index is 14.0. The van der Waals surface area contributed by atoms with Crippen molar-refractivity contribution in [1.82, 2.24) is 14.9 Å². The van der Waals surface area contributed by atoms with Gasteiger partial charge in [0.25, 0.3) is 5.91 Å². The monoisotopic (exact) mass is 455 g/mol. The lowest BCUT2D eigenvalue weighted by Crippen LogP contribution is -2.39. The van der Waals surface area contributed by atoms with Gasteiger partial charge < -0.3 is 9.32 Å². The highest BCUT2D eigenvalue weighted by molar-refractivity contribution is 5.92. The van der Waals surface area contributed by atoms with Crippen LogP contribution < -0.4 is 0 Å². The summed E-state index contributed by atoms with van der Waals surface area (Å²) in [6, 6.07) is 22.1. The van der Waals surface area contributed by atoms with E-state index in [1.54, 1.807) is 30.5 Å². The number of rotatable bonds is 6. The molecule has 4 aromatic rings. The van der Waals surface area contributed by atoms with E-state index in [-0.39, 0.29) is 17.6 Å². The van der Waals surface area contributed by atoms with E-state index in [2.05, 4.69) is 22.1 Å². The third-order valence-electron chi connectivity index (χ3n) is 6.21. The maximum Gasteiger partial charge on any atom is 0.272 e. The Bertz CT molecular complexity index is 1270. The minimum Gasteiger partial charge on any atom is -0.445 e. The van der Waals surface area contributed by atoms with Crippen LogP contribution >= 0.6 is 0 Å². The largest absolute Gasteiger partial charge is 0.445 e. The first-order valence-corrected chi connectivity index (χ1v) is 11.6. The van der Waals surface area contributed by atoms with Crippen molar-refractivity contribution in [3.63, 3.8) is 0 Å². The van der Waals surface area contributed by atoms with Crippen LogP contribution in [0.3, 0.4) is 0 Å². The number of carbonyl (C=O) groups excluding carboxylic acids is 1. The average Bonchev–Trinajstić information content (AvgIpc) is 3.34. The first-order chi connectivity index (χ1) is 16.7. The third-order valence-corrected chi connectivity index (χ3v) is 6.21. The number of oxazole rings is 1. The SMILES string of the molecule is O=C(c1cccc(Cc2ccccc2F)n1)N1CCCC(c2ncc(Cc3ccccc3)o2)C1. The van der Waals surface area contributed by atoms with E-state index < -0.39 is 0 Å². The molecule has 2 aromatic heterocycles. The number of amides is 1. The molecule has 34 heavy (non-hydrogen) atoms. The number of hydrogen-bond donors (Lipinski definition) is 0. The van der Waals surface area contributed by atoms with Gasteiger partial charge in [-0.2, -0.15) is 0 Å². The molecular formula is C28H26FN3O2. The first kappa shape index (κ1) is 22.0. The quantitative estimate of drug-likeness (QED) is 0.390. The Morgan fingerprint density at radius 3 is 2.68 bits per heavy atom. The van der Waals surface area contributed by atoms with Crippen LogP contribution in [0.1, 0.15) is 57.7 Å². The van der Waals surface area contributed by atoms with Crippen molar-refractivity contribution in [2.45, 2.75) is 31.6 Å². The van der Waals surface area contributed by atoms with Crippen LogP contribution in [0.15, 0.2) is 83.4 Å². The topological polar surface area (TPSA) is 59.2 Å². The second-order valence-electron chi connectivity index (χ2n) is 8.70. The second kappa shape index (κ2) is 10.00. The number of carbonyl (C=O) groups is 1. The lowest BCUT2D eigenvalue weighted by atomic mass is 9.97. The summed E-state index contributed by atoms with van der Waals surface area (Å²) in [6.45, 7) is 1.22. The van der Waals surface area contributed by atoms with Crippen molar-refractivity contribution >= 4 is 5.91 Å². The highest BCUT2D eigenvalue weighted by Crippen LogP contribution is 2.28. The second-order valence-corrected chi connectivity index (χ2v) is 8.70. The van der Waals surface area contributed by atoms with Gasteiger partial charge in [0.1, 0.15) is 17.3 Å². The fourth-order valence-corrected chi connectivity index (χ4v) is 4.45. The Balaban J connectivity index is 1.26. The van der Waals surface area contributed by atoms with Gasteiger partial charge in [-0.3, -0.25) is 4.79 Å². The van der Waals surface area contributed by atoms with Crippen molar-refractivity contribution in [3.05, 3.63) is 119 Å². The number of nitrogens with zero attached hydrogens (tertiary/aromatic N) is 3. The summed E-state index contributed by atoms with van der Waals surface area (Å²) < 4.78 is 20.1. The van der Waals surface area contributed by atoms with Gasteiger partial charge >= 0.3 is 0 Å². The predicted molar refractivity (Wildman–Crippen MR) is 127 cm³/mol. The zero-order valence-electron chi connectivity index (χ0n) is 18.9. The molecule has 0 saturated carbocycles. The third kappa shape index (κ3) is 5.06. The number of pyridine rings is 1. The molecule has 1 fully saturated rings. The van der Waals surface area contributed by atoms with E-state index in [4.69, 9.17) is 4.42 Å². The van der Waals surface area contributed by atoms with Gasteiger partial charge in [0, 0.05) is 31.6 Å². The van der Waals surface area contributed by atoms with Crippen molar-refractivity contribution in [1.29, 1.82) is 0 Å². The molecule has 1 saturated heterocycles. The maximum absolute atomic E-state index is 14.0. The lowest BCUT2D eigenvalue weighted by molar-refractivity contribution is 0.0691. The summed E-state index contributed by atoms with van der Waals surface area (Å²) in [7, 11) is 0. The zero-order chi connectivity index (χ0) is 23.3. The number of likely N-dealkylation sites (tertiary alicyclic amines) is 1. The fourth-order valence-electron chi connectivity index (χ4n) is 4.45. The first-order valence-electron chi connectivity index (χ1n) is 11.6. The van der Waals surface area contributed by atoms with Crippen molar-refractivity contribution < 1.29 is 13.6 Å². The van der Waals surface area contributed by atoms with E-state index in [1.165, 1.54) is 11.6 Å². The van der Waals surface area contributed by atoms with Crippen LogP contribution in [-0.2, 0) is 12.8 Å². The highest BCUT2D eigenvalue weighted by atomic mass is 19.1. The van der Waals surface area contributed by atoms with Gasteiger partial charge in [-0.25, -0.2) is 14.4 Å². The Morgan fingerprint density at radius 2 is 1.82 bits per heavy atom. The minimum atomic E-state index is -0.266. The summed E-state index contributed by atoms with van der Waals surface area (Å²) in [4.78, 5) is 24.1. The van der Waals surface area contributed by atoms with Crippen LogP contribution in [0.25, 0.3) is 0 Å². The Morgan fingerprint density at radius 1 is 1.00 bits per heavy atom. The number of benzene rings is 2. The number of halogens is 1. The molecule has 0 N–H and O–H groups in total. The molecule has 2 aromatic carbocycles. The summed E-state index contributed by atoms with van der Waals surface area (Å²) in [5.74, 6) is 1.19. The van der Waals surface area contributed by atoms with Crippen LogP contribution in [-0.4, -0.2) is 33.9 Å². The van der Waals surface area contributed by atoms with Crippen LogP contribution in [0.2, 0.25) is 0 Å². The molecule has 3 heterocycles. The van der Waals surface area contributed by atoms with E-state index >= 15 is 0 Å². The summed E-state index contributed by atoms with van der Waals surface area (Å²) in [6.07, 6.45) is 4.63. The Labute approximate surface area is 198 Å². The van der Waals surface area contributed by atoms with E-state index in [1.807, 2.05) is 35.2 Å². The van der Waals surface area contributed by atoms with Gasteiger partial charge in [0.15, 0.2) is 5.89 Å². The standard InChI is InChI=1S/C28H26FN3O2/c29-25-13-5-4-10-21(25)17-23-12-6-14-26(31-23)28(33)32-15-7-11-22(19-32)27-30-18-24(34-27)16-20-8-2-1-3-9-20/h1-6,8-10,12-14,18,22H,7,11,15-17,19H2. The van der Waals surface area contributed by atoms with Crippen molar-refractivity contribution in [2.24, 2.45) is 0 Å². The molecule has 1 aliphatic heterocycles. The Kier molecular flexibility index (Phi) is 6.47. The molecule has 0 spiro atoms. The molecule has 1 atom stereocenters. The number of aromatic nitrogens is 2. The van der Waals surface area contributed by atoms with E-state index in [0.29, 0.717) is 48.8 Å². The lowest BCUT2D eigenvalue weighted by Gasteiger charge is -2.31. The smallest absolute Gasteiger partial charge is 0.272 e. The molecular weight excluding hydrogens is 429 g/mol. The van der Waals surface area contributed by atoms with E-state index in [0.717, 1.165) is 18.6 Å². The predicted octanol–water partition coefficient (Wildman–Crippen LogP) is 5.41. The Hall–Kier alpha value is -3.80. The number of piperidine rings is 1. The normalized spacial score (nSPS) is 15.9. The average molecular weight is 456 g/mol. The van der Waals surface area contributed by atoms with Crippen molar-refractivity contribution in [2.75, 3.05) is 13.1 Å². The molecule has 6 heteroatoms. The molecule has 5 rings (SSSR count). The summed E-state index contributed by atoms with van der Waals surface area (Å²) in [5, 5.41) is 0. The molecule has 1 unspecified atom stereocenters. The number of hydrogen-bond acceptors (Lipinski definition) is 4. The molecule has 5 nitrogen and oxygen atoms in total. The molecule has 0 aliphatic carbocycles. The van der Waals surface area contributed by atoms with Gasteiger partial charge in [-0.15, -0.1) is 0 Å². The molecule has 1 amide bonds. The molecule has 1 aliphatic rings. The van der Waals surface area contributed by atoms with Crippen LogP contribution in [0, 0.1) is 5.82 Å². The van der Waals surface area contributed by atoms with E-state index in [9.17, 15) is 9.18 Å². The van der Waals surface area contributed by atoms with Crippen molar-refractivity contribution in [3.8, 4) is 0 Å². The minimum absolute atomic E-state index is 0.0591. The van der Waals surface area contributed by atoms with Gasteiger partial charge in [0.2, 0.25) is 0 Å². The molecule has 0 radical (unpaired) electrons. The highest BCUT2D eigenvalue weighted by Gasteiger charge is 2.29. The summed E-state index contributed by atoms with van der Waals surface area (Å²) >= 11 is 0. The zero-order valence-corrected chi connectivity index (χ0v) is 18.9.